The van der Waals surface area contributed by atoms with E-state index in [-0.39, 0.29) is 0 Å². The van der Waals surface area contributed by atoms with Gasteiger partial charge in [0.2, 0.25) is 5.88 Å². The first-order valence-electron chi connectivity index (χ1n) is 10.6. The molecule has 164 valence electrons. The molecule has 0 spiro atoms. The molecule has 3 heterocycles. The highest BCUT2D eigenvalue weighted by atomic mass is 16.5. The fraction of sp³-hybridized carbons (Fsp3) is 0.115. The van der Waals surface area contributed by atoms with Crippen molar-refractivity contribution >= 4 is 10.8 Å². The number of nitrogens with zero attached hydrogens (tertiary/aromatic N) is 5. The molecule has 7 nitrogen and oxygen atoms in total. The lowest BCUT2D eigenvalue weighted by molar-refractivity contribution is 0.289. The summed E-state index contributed by atoms with van der Waals surface area (Å²) in [5, 5.41) is 13.9. The Balaban J connectivity index is 1.43. The quantitative estimate of drug-likeness (QED) is 0.290. The fourth-order valence-electron chi connectivity index (χ4n) is 3.24. The first-order chi connectivity index (χ1) is 16.3. The van der Waals surface area contributed by atoms with Crippen LogP contribution < -0.4 is 10.1 Å². The molecule has 0 saturated carbocycles. The number of benzene rings is 1. The third-order valence-corrected chi connectivity index (χ3v) is 4.77. The molecule has 1 aromatic carbocycles. The Labute approximate surface area is 192 Å². The van der Waals surface area contributed by atoms with Gasteiger partial charge in [-0.25, -0.2) is 9.97 Å². The second-order valence-electron chi connectivity index (χ2n) is 7.12. The molecular weight excluding hydrogens is 412 g/mol. The fourth-order valence-corrected chi connectivity index (χ4v) is 3.24. The number of rotatable bonds is 10. The Hall–Kier alpha value is -4.23. The van der Waals surface area contributed by atoms with Crippen LogP contribution >= 0.6 is 0 Å². The third-order valence-electron chi connectivity index (χ3n) is 4.77. The molecular formula is C26H24N6O. The zero-order valence-electron chi connectivity index (χ0n) is 18.1. The second kappa shape index (κ2) is 11.4. The molecule has 0 atom stereocenters. The minimum Gasteiger partial charge on any atom is -0.470 e. The first kappa shape index (κ1) is 22.0. The van der Waals surface area contributed by atoms with E-state index in [2.05, 4.69) is 37.0 Å². The van der Waals surface area contributed by atoms with Gasteiger partial charge in [0.15, 0.2) is 0 Å². The summed E-state index contributed by atoms with van der Waals surface area (Å²) in [7, 11) is 0. The number of nitrogens with one attached hydrogen (secondary N) is 1. The average Bonchev–Trinajstić information content (AvgIpc) is 2.87. The molecule has 1 N–H and O–H groups in total. The molecule has 0 radical (unpaired) electrons. The van der Waals surface area contributed by atoms with Crippen molar-refractivity contribution in [1.29, 1.82) is 0 Å². The highest BCUT2D eigenvalue weighted by Crippen LogP contribution is 2.30. The topological polar surface area (TPSA) is 85.7 Å². The molecule has 0 aliphatic heterocycles. The summed E-state index contributed by atoms with van der Waals surface area (Å²) in [6.07, 6.45) is 14.5. The minimum atomic E-state index is 0.298. The van der Waals surface area contributed by atoms with Crippen LogP contribution in [0.5, 0.6) is 5.88 Å². The van der Waals surface area contributed by atoms with Crippen molar-refractivity contribution in [1.82, 2.24) is 30.5 Å². The molecule has 4 rings (SSSR count). The monoisotopic (exact) mass is 436 g/mol. The number of hydrogen-bond acceptors (Lipinski definition) is 7. The molecule has 0 aliphatic rings. The van der Waals surface area contributed by atoms with Crippen LogP contribution in [0.2, 0.25) is 0 Å². The normalized spacial score (nSPS) is 11.4. The predicted octanol–water partition coefficient (Wildman–Crippen LogP) is 4.45. The molecule has 3 aromatic heterocycles. The molecule has 0 aliphatic carbocycles. The molecule has 0 bridgehead atoms. The number of aromatic nitrogens is 5. The Kier molecular flexibility index (Phi) is 7.60. The van der Waals surface area contributed by atoms with Crippen LogP contribution in [-0.4, -0.2) is 31.7 Å². The molecule has 4 aromatic rings. The summed E-state index contributed by atoms with van der Waals surface area (Å²) >= 11 is 0. The Morgan fingerprint density at radius 3 is 2.55 bits per heavy atom. The smallest absolute Gasteiger partial charge is 0.241 e. The van der Waals surface area contributed by atoms with Gasteiger partial charge in [0.1, 0.15) is 18.6 Å². The summed E-state index contributed by atoms with van der Waals surface area (Å²) in [6, 6.07) is 13.8. The van der Waals surface area contributed by atoms with Crippen molar-refractivity contribution in [2.75, 3.05) is 6.54 Å². The van der Waals surface area contributed by atoms with Crippen LogP contribution in [0.4, 0.5) is 0 Å². The van der Waals surface area contributed by atoms with Gasteiger partial charge in [-0.2, -0.15) is 0 Å². The molecule has 7 heteroatoms. The summed E-state index contributed by atoms with van der Waals surface area (Å²) in [6.45, 7) is 5.36. The summed E-state index contributed by atoms with van der Waals surface area (Å²) in [5.41, 5.74) is 3.30. The van der Waals surface area contributed by atoms with Gasteiger partial charge in [-0.3, -0.25) is 4.98 Å². The average molecular weight is 437 g/mol. The van der Waals surface area contributed by atoms with Crippen molar-refractivity contribution in [2.45, 2.75) is 13.2 Å². The van der Waals surface area contributed by atoms with E-state index in [1.165, 1.54) is 6.33 Å². The molecule has 33 heavy (non-hydrogen) atoms. The van der Waals surface area contributed by atoms with Crippen LogP contribution in [0, 0.1) is 0 Å². The van der Waals surface area contributed by atoms with E-state index < -0.39 is 0 Å². The van der Waals surface area contributed by atoms with Gasteiger partial charge in [0, 0.05) is 41.8 Å². The van der Waals surface area contributed by atoms with Crippen molar-refractivity contribution in [3.05, 3.63) is 110 Å². The van der Waals surface area contributed by atoms with E-state index in [1.807, 2.05) is 66.8 Å². The summed E-state index contributed by atoms with van der Waals surface area (Å²) < 4.78 is 6.02. The van der Waals surface area contributed by atoms with Gasteiger partial charge in [-0.15, -0.1) is 10.2 Å². The van der Waals surface area contributed by atoms with Crippen LogP contribution in [0.1, 0.15) is 11.4 Å². The van der Waals surface area contributed by atoms with E-state index in [1.54, 1.807) is 18.5 Å². The van der Waals surface area contributed by atoms with Gasteiger partial charge in [0.05, 0.1) is 11.4 Å². The van der Waals surface area contributed by atoms with E-state index in [4.69, 9.17) is 4.74 Å². The lowest BCUT2D eigenvalue weighted by atomic mass is 10.1. The Morgan fingerprint density at radius 2 is 1.70 bits per heavy atom. The number of pyridine rings is 1. The summed E-state index contributed by atoms with van der Waals surface area (Å²) in [5.74, 6) is 0.467. The third kappa shape index (κ3) is 5.93. The van der Waals surface area contributed by atoms with Gasteiger partial charge < -0.3 is 10.1 Å². The largest absolute Gasteiger partial charge is 0.470 e. The second-order valence-corrected chi connectivity index (χ2v) is 7.12. The molecule has 0 unspecified atom stereocenters. The number of fused-ring (bicyclic) bond motifs is 1. The lowest BCUT2D eigenvalue weighted by Gasteiger charge is -2.11. The van der Waals surface area contributed by atoms with Gasteiger partial charge in [-0.1, -0.05) is 61.2 Å². The van der Waals surface area contributed by atoms with E-state index in [0.717, 1.165) is 40.0 Å². The van der Waals surface area contributed by atoms with Crippen molar-refractivity contribution < 1.29 is 4.74 Å². The van der Waals surface area contributed by atoms with Gasteiger partial charge in [-0.05, 0) is 18.2 Å². The predicted molar refractivity (Wildman–Crippen MR) is 129 cm³/mol. The highest BCUT2D eigenvalue weighted by Gasteiger charge is 2.12. The van der Waals surface area contributed by atoms with Crippen molar-refractivity contribution in [3.63, 3.8) is 0 Å². The van der Waals surface area contributed by atoms with E-state index >= 15 is 0 Å². The van der Waals surface area contributed by atoms with Crippen LogP contribution in [0.15, 0.2) is 98.1 Å². The van der Waals surface area contributed by atoms with Gasteiger partial charge in [0.25, 0.3) is 0 Å². The molecule has 0 saturated heterocycles. The Morgan fingerprint density at radius 1 is 0.879 bits per heavy atom. The maximum Gasteiger partial charge on any atom is 0.241 e. The first-order valence-corrected chi connectivity index (χ1v) is 10.6. The highest BCUT2D eigenvalue weighted by molar-refractivity contribution is 5.96. The van der Waals surface area contributed by atoms with Crippen molar-refractivity contribution in [2.24, 2.45) is 0 Å². The van der Waals surface area contributed by atoms with E-state index in [0.29, 0.717) is 19.0 Å². The standard InChI is InChI=1S/C26H24N6O/c1-2-3-4-5-8-14-27-17-21-10-9-11-22(30-21)18-33-26-24-13-7-6-12-23(24)25(31-32-26)20-15-28-19-29-16-20/h2-13,15-16,19,27H,1,14,17-18H2/b4-3-,8-5+. The van der Waals surface area contributed by atoms with Crippen LogP contribution in [0.25, 0.3) is 22.0 Å². The van der Waals surface area contributed by atoms with Crippen molar-refractivity contribution in [3.8, 4) is 17.1 Å². The maximum absolute atomic E-state index is 6.02. The maximum atomic E-state index is 6.02. The zero-order valence-corrected chi connectivity index (χ0v) is 18.1. The van der Waals surface area contributed by atoms with E-state index in [9.17, 15) is 0 Å². The molecule has 0 amide bonds. The number of allylic oxidation sites excluding steroid dienone is 4. The Bertz CT molecular complexity index is 1270. The van der Waals surface area contributed by atoms with Crippen LogP contribution in [-0.2, 0) is 13.2 Å². The minimum absolute atomic E-state index is 0.298. The SMILES string of the molecule is C=C/C=C\C=C\CNCc1cccc(COc2nnc(-c3cncnc3)c3ccccc23)n1. The summed E-state index contributed by atoms with van der Waals surface area (Å²) in [4.78, 5) is 12.8. The van der Waals surface area contributed by atoms with Gasteiger partial charge >= 0.3 is 0 Å². The lowest BCUT2D eigenvalue weighted by Crippen LogP contribution is -2.14. The van der Waals surface area contributed by atoms with Crippen LogP contribution in [0.3, 0.4) is 0 Å². The molecule has 0 fully saturated rings. The zero-order chi connectivity index (χ0) is 22.7. The number of ether oxygens (including phenoxy) is 1. The number of hydrogen-bond donors (Lipinski definition) is 1.